The van der Waals surface area contributed by atoms with Crippen LogP contribution in [-0.2, 0) is 17.5 Å². The first-order valence-electron chi connectivity index (χ1n) is 7.63. The highest BCUT2D eigenvalue weighted by Crippen LogP contribution is 2.37. The third-order valence-electron chi connectivity index (χ3n) is 3.80. The van der Waals surface area contributed by atoms with Crippen LogP contribution < -0.4 is 15.2 Å². The van der Waals surface area contributed by atoms with E-state index in [1.807, 2.05) is 0 Å². The van der Waals surface area contributed by atoms with Gasteiger partial charge in [0.2, 0.25) is 0 Å². The summed E-state index contributed by atoms with van der Waals surface area (Å²) in [5, 5.41) is 3.44. The van der Waals surface area contributed by atoms with E-state index in [-0.39, 0.29) is 18.2 Å². The Kier molecular flexibility index (Phi) is 4.79. The van der Waals surface area contributed by atoms with E-state index in [2.05, 4.69) is 15.1 Å². The zero-order chi connectivity index (χ0) is 19.8. The lowest BCUT2D eigenvalue weighted by Gasteiger charge is -2.14. The summed E-state index contributed by atoms with van der Waals surface area (Å²) in [5.41, 5.74) is 7.36. The zero-order valence-corrected chi connectivity index (χ0v) is 14.7. The van der Waals surface area contributed by atoms with Crippen molar-refractivity contribution >= 4 is 11.6 Å². The smallest absolute Gasteiger partial charge is 0.453 e. The number of nitrogens with zero attached hydrogens (tertiary/aromatic N) is 4. The maximum atomic E-state index is 12.9. The van der Waals surface area contributed by atoms with Crippen molar-refractivity contribution in [1.29, 1.82) is 0 Å². The number of rotatable bonds is 5. The van der Waals surface area contributed by atoms with Crippen LogP contribution in [0.2, 0.25) is 0 Å². The fraction of sp³-hybridized carbons (Fsp3) is 0.312. The van der Waals surface area contributed by atoms with Crippen molar-refractivity contribution < 1.29 is 27.4 Å². The Balaban J connectivity index is 2.27. The van der Waals surface area contributed by atoms with Crippen LogP contribution in [0.3, 0.4) is 0 Å². The van der Waals surface area contributed by atoms with Gasteiger partial charge in [-0.25, -0.2) is 4.98 Å². The molecule has 0 aliphatic rings. The summed E-state index contributed by atoms with van der Waals surface area (Å²) in [5.74, 6) is -0.734. The van der Waals surface area contributed by atoms with Crippen molar-refractivity contribution in [3.05, 3.63) is 29.7 Å². The molecule has 27 heavy (non-hydrogen) atoms. The SMILES string of the molecule is COCc1nc2nc(C(F)(F)F)nn2c(N)c1-c1ccc(OC)c(OC)c1. The van der Waals surface area contributed by atoms with Crippen molar-refractivity contribution in [2.45, 2.75) is 12.8 Å². The molecule has 11 heteroatoms. The predicted molar refractivity (Wildman–Crippen MR) is 89.4 cm³/mol. The summed E-state index contributed by atoms with van der Waals surface area (Å²) in [6.07, 6.45) is -4.72. The number of benzene rings is 1. The highest BCUT2D eigenvalue weighted by Gasteiger charge is 2.37. The first-order valence-corrected chi connectivity index (χ1v) is 7.63. The molecule has 0 saturated carbocycles. The fourth-order valence-electron chi connectivity index (χ4n) is 2.64. The van der Waals surface area contributed by atoms with Gasteiger partial charge in [0.25, 0.3) is 11.6 Å². The molecule has 0 aliphatic heterocycles. The van der Waals surface area contributed by atoms with Gasteiger partial charge in [0.15, 0.2) is 11.5 Å². The van der Waals surface area contributed by atoms with E-state index in [4.69, 9.17) is 19.9 Å². The number of alkyl halides is 3. The Hall–Kier alpha value is -3.08. The topological polar surface area (TPSA) is 96.8 Å². The first kappa shape index (κ1) is 18.7. The Morgan fingerprint density at radius 2 is 1.78 bits per heavy atom. The molecule has 0 saturated heterocycles. The van der Waals surface area contributed by atoms with Crippen LogP contribution in [0.5, 0.6) is 11.5 Å². The van der Waals surface area contributed by atoms with E-state index in [1.54, 1.807) is 18.2 Å². The van der Waals surface area contributed by atoms with E-state index in [0.29, 0.717) is 28.3 Å². The molecule has 0 amide bonds. The summed E-state index contributed by atoms with van der Waals surface area (Å²) in [4.78, 5) is 7.57. The summed E-state index contributed by atoms with van der Waals surface area (Å²) < 4.78 is 55.3. The molecule has 0 atom stereocenters. The van der Waals surface area contributed by atoms with Crippen molar-refractivity contribution in [3.63, 3.8) is 0 Å². The molecule has 3 rings (SSSR count). The standard InChI is InChI=1S/C16H16F3N5O3/c1-25-7-9-12(8-4-5-10(26-2)11(6-8)27-3)13(20)24-15(21-9)22-14(23-24)16(17,18)19/h4-6H,7,20H2,1-3H3. The summed E-state index contributed by atoms with van der Waals surface area (Å²) in [7, 11) is 4.39. The number of aromatic nitrogens is 4. The van der Waals surface area contributed by atoms with Gasteiger partial charge in [-0.15, -0.1) is 5.10 Å². The van der Waals surface area contributed by atoms with Crippen LogP contribution in [-0.4, -0.2) is 40.9 Å². The molecule has 3 aromatic rings. The molecule has 0 unspecified atom stereocenters. The Bertz CT molecular complexity index is 988. The molecule has 2 aromatic heterocycles. The Morgan fingerprint density at radius 3 is 2.37 bits per heavy atom. The highest BCUT2D eigenvalue weighted by molar-refractivity contribution is 5.79. The number of nitrogens with two attached hydrogens (primary N) is 1. The van der Waals surface area contributed by atoms with E-state index < -0.39 is 12.0 Å². The minimum atomic E-state index is -4.72. The van der Waals surface area contributed by atoms with Gasteiger partial charge in [-0.2, -0.15) is 22.7 Å². The molecule has 2 heterocycles. The van der Waals surface area contributed by atoms with Crippen LogP contribution in [0.15, 0.2) is 18.2 Å². The summed E-state index contributed by atoms with van der Waals surface area (Å²) in [6, 6.07) is 4.97. The van der Waals surface area contributed by atoms with E-state index in [1.165, 1.54) is 21.3 Å². The normalized spacial score (nSPS) is 11.8. The number of halogens is 3. The molecular weight excluding hydrogens is 367 g/mol. The lowest BCUT2D eigenvalue weighted by Crippen LogP contribution is -2.10. The van der Waals surface area contributed by atoms with Crippen molar-refractivity contribution in [3.8, 4) is 22.6 Å². The molecule has 0 aliphatic carbocycles. The number of hydrogen-bond acceptors (Lipinski definition) is 7. The Labute approximate surface area is 151 Å². The second kappa shape index (κ2) is 6.91. The predicted octanol–water partition coefficient (Wildman–Crippen LogP) is 2.56. The second-order valence-corrected chi connectivity index (χ2v) is 5.47. The van der Waals surface area contributed by atoms with E-state index in [9.17, 15) is 13.2 Å². The monoisotopic (exact) mass is 383 g/mol. The van der Waals surface area contributed by atoms with Gasteiger partial charge in [-0.3, -0.25) is 0 Å². The fourth-order valence-corrected chi connectivity index (χ4v) is 2.64. The van der Waals surface area contributed by atoms with Crippen LogP contribution in [0.1, 0.15) is 11.5 Å². The summed E-state index contributed by atoms with van der Waals surface area (Å²) >= 11 is 0. The Morgan fingerprint density at radius 1 is 1.07 bits per heavy atom. The van der Waals surface area contributed by atoms with Crippen molar-refractivity contribution in [1.82, 2.24) is 19.6 Å². The molecule has 1 aromatic carbocycles. The van der Waals surface area contributed by atoms with Gasteiger partial charge in [0.1, 0.15) is 5.82 Å². The van der Waals surface area contributed by atoms with Gasteiger partial charge in [-0.1, -0.05) is 6.07 Å². The van der Waals surface area contributed by atoms with Crippen molar-refractivity contribution in [2.24, 2.45) is 0 Å². The van der Waals surface area contributed by atoms with Crippen LogP contribution in [0.25, 0.3) is 16.9 Å². The molecule has 8 nitrogen and oxygen atoms in total. The van der Waals surface area contributed by atoms with Crippen LogP contribution >= 0.6 is 0 Å². The van der Waals surface area contributed by atoms with Gasteiger partial charge in [0, 0.05) is 12.7 Å². The quantitative estimate of drug-likeness (QED) is 0.723. The zero-order valence-electron chi connectivity index (χ0n) is 14.7. The lowest BCUT2D eigenvalue weighted by molar-refractivity contribution is -0.144. The lowest BCUT2D eigenvalue weighted by atomic mass is 10.0. The second-order valence-electron chi connectivity index (χ2n) is 5.47. The molecular formula is C16H16F3N5O3. The maximum Gasteiger partial charge on any atom is 0.453 e. The number of ether oxygens (including phenoxy) is 3. The number of fused-ring (bicyclic) bond motifs is 1. The molecule has 2 N–H and O–H groups in total. The molecule has 0 fully saturated rings. The molecule has 0 bridgehead atoms. The number of anilines is 1. The molecule has 0 radical (unpaired) electrons. The number of hydrogen-bond donors (Lipinski definition) is 1. The molecule has 0 spiro atoms. The van der Waals surface area contributed by atoms with Gasteiger partial charge in [-0.05, 0) is 17.7 Å². The van der Waals surface area contributed by atoms with E-state index in [0.717, 1.165) is 4.52 Å². The van der Waals surface area contributed by atoms with Crippen LogP contribution in [0.4, 0.5) is 19.0 Å². The van der Waals surface area contributed by atoms with Gasteiger partial charge in [0.05, 0.1) is 26.5 Å². The average Bonchev–Trinajstić information content (AvgIpc) is 3.06. The highest BCUT2D eigenvalue weighted by atomic mass is 19.4. The minimum absolute atomic E-state index is 0.0125. The maximum absolute atomic E-state index is 12.9. The number of nitrogen functional groups attached to an aromatic ring is 1. The van der Waals surface area contributed by atoms with Crippen LogP contribution in [0, 0.1) is 0 Å². The number of methoxy groups -OCH3 is 3. The minimum Gasteiger partial charge on any atom is -0.493 e. The van der Waals surface area contributed by atoms with Gasteiger partial charge < -0.3 is 19.9 Å². The van der Waals surface area contributed by atoms with E-state index >= 15 is 0 Å². The third-order valence-corrected chi connectivity index (χ3v) is 3.80. The van der Waals surface area contributed by atoms with Gasteiger partial charge >= 0.3 is 6.18 Å². The average molecular weight is 383 g/mol. The largest absolute Gasteiger partial charge is 0.493 e. The van der Waals surface area contributed by atoms with Crippen molar-refractivity contribution in [2.75, 3.05) is 27.1 Å². The third kappa shape index (κ3) is 3.33. The summed E-state index contributed by atoms with van der Waals surface area (Å²) in [6.45, 7) is 0.0125. The molecule has 144 valence electrons. The first-order chi connectivity index (χ1) is 12.8.